The van der Waals surface area contributed by atoms with E-state index in [9.17, 15) is 9.59 Å². The van der Waals surface area contributed by atoms with Gasteiger partial charge < -0.3 is 14.5 Å². The van der Waals surface area contributed by atoms with Crippen LogP contribution in [0, 0.1) is 11.8 Å². The monoisotopic (exact) mass is 448 g/mol. The molecule has 0 unspecified atom stereocenters. The number of nitrogens with one attached hydrogen (secondary N) is 1. The molecule has 1 aromatic heterocycles. The highest BCUT2D eigenvalue weighted by atomic mass is 16.5. The highest BCUT2D eigenvalue weighted by Gasteiger charge is 2.36. The summed E-state index contributed by atoms with van der Waals surface area (Å²) in [5.74, 6) is 1.34. The Morgan fingerprint density at radius 1 is 1.21 bits per heavy atom. The average Bonchev–Trinajstić information content (AvgIpc) is 3.42. The number of rotatable bonds is 5. The van der Waals surface area contributed by atoms with Crippen molar-refractivity contribution >= 4 is 11.8 Å². The zero-order valence-electron chi connectivity index (χ0n) is 19.3. The van der Waals surface area contributed by atoms with Gasteiger partial charge in [-0.1, -0.05) is 24.3 Å². The summed E-state index contributed by atoms with van der Waals surface area (Å²) in [6.07, 6.45) is 9.77. The van der Waals surface area contributed by atoms with Crippen molar-refractivity contribution < 1.29 is 14.3 Å². The minimum atomic E-state index is -0.0266. The van der Waals surface area contributed by atoms with Gasteiger partial charge in [0, 0.05) is 43.4 Å². The maximum Gasteiger partial charge on any atom is 0.274 e. The Balaban J connectivity index is 1.22. The number of nitrogens with zero attached hydrogens (tertiary/aromatic N) is 3. The van der Waals surface area contributed by atoms with Crippen LogP contribution in [0.25, 0.3) is 0 Å². The van der Waals surface area contributed by atoms with Gasteiger partial charge in [-0.3, -0.25) is 14.7 Å². The van der Waals surface area contributed by atoms with Gasteiger partial charge in [0.05, 0.1) is 7.11 Å². The second-order valence-electron chi connectivity index (χ2n) is 9.40. The van der Waals surface area contributed by atoms with Crippen LogP contribution < -0.4 is 4.74 Å². The number of methoxy groups -OCH3 is 1. The standard InChI is InChI=1S/C26H32N4O3/c1-33-20-7-4-6-18(16-20)17-30-13-3-2-8-21(25(30)31)19-11-14-29(15-12-19)26(32)24-22-9-5-10-23(22)27-28-24/h2-4,6-7,16,19,21H,5,8-15,17H2,1H3,(H,27,28)/t21-/m0/s1. The Kier molecular flexibility index (Phi) is 6.20. The molecule has 3 heterocycles. The minimum absolute atomic E-state index is 0.0266. The Morgan fingerprint density at radius 2 is 2.06 bits per heavy atom. The number of hydrogen-bond donors (Lipinski definition) is 1. The highest BCUT2D eigenvalue weighted by Crippen LogP contribution is 2.32. The van der Waals surface area contributed by atoms with E-state index in [1.54, 1.807) is 7.11 Å². The molecule has 7 heteroatoms. The highest BCUT2D eigenvalue weighted by molar-refractivity contribution is 5.94. The summed E-state index contributed by atoms with van der Waals surface area (Å²) in [7, 11) is 1.66. The number of H-pyrrole nitrogens is 1. The molecule has 0 spiro atoms. The van der Waals surface area contributed by atoms with Gasteiger partial charge in [0.2, 0.25) is 5.91 Å². The van der Waals surface area contributed by atoms with Crippen LogP contribution in [0.15, 0.2) is 36.4 Å². The third kappa shape index (κ3) is 4.41. The van der Waals surface area contributed by atoms with E-state index in [-0.39, 0.29) is 17.7 Å². The molecule has 0 bridgehead atoms. The number of aryl methyl sites for hydroxylation is 1. The third-order valence-corrected chi connectivity index (χ3v) is 7.42. The summed E-state index contributed by atoms with van der Waals surface area (Å²) >= 11 is 0. The first-order chi connectivity index (χ1) is 16.1. The lowest BCUT2D eigenvalue weighted by Crippen LogP contribution is -2.44. The Hall–Kier alpha value is -3.09. The Bertz CT molecular complexity index is 1050. The average molecular weight is 449 g/mol. The van der Waals surface area contributed by atoms with Crippen LogP contribution in [0.2, 0.25) is 0 Å². The fourth-order valence-corrected chi connectivity index (χ4v) is 5.55. The number of piperidine rings is 1. The topological polar surface area (TPSA) is 78.5 Å². The SMILES string of the molecule is COc1cccc(CN2CC=CC[C@@H](C3CCN(C(=O)c4n[nH]c5c4CCC5)CC3)C2=O)c1. The van der Waals surface area contributed by atoms with Crippen LogP contribution >= 0.6 is 0 Å². The van der Waals surface area contributed by atoms with Gasteiger partial charge in [-0.2, -0.15) is 5.10 Å². The zero-order chi connectivity index (χ0) is 22.8. The normalized spacial score (nSPS) is 21.2. The molecule has 1 aliphatic carbocycles. The van der Waals surface area contributed by atoms with Gasteiger partial charge in [-0.05, 0) is 62.1 Å². The van der Waals surface area contributed by atoms with Crippen molar-refractivity contribution in [1.29, 1.82) is 0 Å². The number of fused-ring (bicyclic) bond motifs is 1. The summed E-state index contributed by atoms with van der Waals surface area (Å²) in [5.41, 5.74) is 3.92. The van der Waals surface area contributed by atoms with E-state index >= 15 is 0 Å². The summed E-state index contributed by atoms with van der Waals surface area (Å²) < 4.78 is 5.34. The number of hydrogen-bond acceptors (Lipinski definition) is 4. The van der Waals surface area contributed by atoms with E-state index in [4.69, 9.17) is 4.74 Å². The molecule has 174 valence electrons. The maximum atomic E-state index is 13.5. The van der Waals surface area contributed by atoms with Crippen LogP contribution in [0.5, 0.6) is 5.75 Å². The third-order valence-electron chi connectivity index (χ3n) is 7.42. The maximum absolute atomic E-state index is 13.5. The van der Waals surface area contributed by atoms with Gasteiger partial charge in [-0.15, -0.1) is 0 Å². The molecule has 1 N–H and O–H groups in total. The molecular weight excluding hydrogens is 416 g/mol. The fourth-order valence-electron chi connectivity index (χ4n) is 5.55. The summed E-state index contributed by atoms with van der Waals surface area (Å²) in [5, 5.41) is 7.36. The van der Waals surface area contributed by atoms with Crippen molar-refractivity contribution in [2.45, 2.75) is 45.1 Å². The lowest BCUT2D eigenvalue weighted by atomic mass is 9.81. The second-order valence-corrected chi connectivity index (χ2v) is 9.40. The molecular formula is C26H32N4O3. The van der Waals surface area contributed by atoms with Gasteiger partial charge in [0.25, 0.3) is 5.91 Å². The number of carbonyl (C=O) groups excluding carboxylic acids is 2. The molecule has 0 saturated carbocycles. The van der Waals surface area contributed by atoms with Crippen molar-refractivity contribution in [3.8, 4) is 5.75 Å². The summed E-state index contributed by atoms with van der Waals surface area (Å²) in [6, 6.07) is 7.91. The zero-order valence-corrected chi connectivity index (χ0v) is 19.3. The number of benzene rings is 1. The van der Waals surface area contributed by atoms with Crippen molar-refractivity contribution in [3.05, 3.63) is 58.9 Å². The fraction of sp³-hybridized carbons (Fsp3) is 0.500. The quantitative estimate of drug-likeness (QED) is 0.712. The van der Waals surface area contributed by atoms with E-state index in [2.05, 4.69) is 22.3 Å². The lowest BCUT2D eigenvalue weighted by Gasteiger charge is -2.36. The van der Waals surface area contributed by atoms with Crippen molar-refractivity contribution in [3.63, 3.8) is 0 Å². The van der Waals surface area contributed by atoms with Crippen LogP contribution in [0.3, 0.4) is 0 Å². The van der Waals surface area contributed by atoms with Gasteiger partial charge >= 0.3 is 0 Å². The molecule has 1 fully saturated rings. The predicted octanol–water partition coefficient (Wildman–Crippen LogP) is 3.36. The van der Waals surface area contributed by atoms with E-state index in [0.29, 0.717) is 37.8 Å². The van der Waals surface area contributed by atoms with Gasteiger partial charge in [-0.25, -0.2) is 0 Å². The lowest BCUT2D eigenvalue weighted by molar-refractivity contribution is -0.137. The van der Waals surface area contributed by atoms with E-state index in [1.807, 2.05) is 34.1 Å². The molecule has 33 heavy (non-hydrogen) atoms. The molecule has 2 aromatic rings. The van der Waals surface area contributed by atoms with Crippen LogP contribution in [0.1, 0.15) is 53.0 Å². The Morgan fingerprint density at radius 3 is 2.88 bits per heavy atom. The molecule has 0 radical (unpaired) electrons. The minimum Gasteiger partial charge on any atom is -0.497 e. The molecule has 7 nitrogen and oxygen atoms in total. The molecule has 1 saturated heterocycles. The van der Waals surface area contributed by atoms with E-state index < -0.39 is 0 Å². The van der Waals surface area contributed by atoms with Gasteiger partial charge in [0.15, 0.2) is 5.69 Å². The number of aromatic nitrogens is 2. The largest absolute Gasteiger partial charge is 0.497 e. The Labute approximate surface area is 194 Å². The molecule has 1 aromatic carbocycles. The van der Waals surface area contributed by atoms with Crippen molar-refractivity contribution in [2.75, 3.05) is 26.7 Å². The first-order valence-electron chi connectivity index (χ1n) is 12.1. The van der Waals surface area contributed by atoms with Gasteiger partial charge in [0.1, 0.15) is 5.75 Å². The number of allylic oxidation sites excluding steroid dienone is 1. The van der Waals surface area contributed by atoms with E-state index in [1.165, 1.54) is 0 Å². The van der Waals surface area contributed by atoms with Crippen molar-refractivity contribution in [2.24, 2.45) is 11.8 Å². The number of aromatic amines is 1. The molecule has 2 amide bonds. The predicted molar refractivity (Wildman–Crippen MR) is 125 cm³/mol. The van der Waals surface area contributed by atoms with Crippen LogP contribution in [0.4, 0.5) is 0 Å². The number of likely N-dealkylation sites (tertiary alicyclic amines) is 1. The number of amides is 2. The molecule has 2 aliphatic heterocycles. The van der Waals surface area contributed by atoms with Crippen molar-refractivity contribution in [1.82, 2.24) is 20.0 Å². The molecule has 1 atom stereocenters. The van der Waals surface area contributed by atoms with Crippen LogP contribution in [-0.4, -0.2) is 58.6 Å². The first kappa shape index (κ1) is 21.7. The first-order valence-corrected chi connectivity index (χ1v) is 12.1. The summed E-state index contributed by atoms with van der Waals surface area (Å²) in [4.78, 5) is 30.4. The second kappa shape index (κ2) is 9.41. The smallest absolute Gasteiger partial charge is 0.274 e. The molecule has 3 aliphatic rings. The van der Waals surface area contributed by atoms with Crippen LogP contribution in [-0.2, 0) is 24.2 Å². The number of ether oxygens (including phenoxy) is 1. The van der Waals surface area contributed by atoms with E-state index in [0.717, 1.165) is 61.1 Å². The number of carbonyl (C=O) groups is 2. The molecule has 5 rings (SSSR count). The summed E-state index contributed by atoms with van der Waals surface area (Å²) in [6.45, 7) is 2.59.